The van der Waals surface area contributed by atoms with E-state index < -0.39 is 38.0 Å². The summed E-state index contributed by atoms with van der Waals surface area (Å²) in [5, 5.41) is -0.625. The number of carbonyl (C=O) groups is 1. The average Bonchev–Trinajstić information content (AvgIpc) is 2.48. The number of aromatic nitrogens is 2. The largest absolute Gasteiger partial charge is 0.296 e. The van der Waals surface area contributed by atoms with Gasteiger partial charge in [0.25, 0.3) is 0 Å². The molecule has 0 saturated carbocycles. The molecule has 6 nitrogen and oxygen atoms in total. The number of benzene rings is 1. The van der Waals surface area contributed by atoms with Crippen LogP contribution in [-0.2, 0) is 15.8 Å². The number of sulfonamides is 1. The van der Waals surface area contributed by atoms with Crippen LogP contribution in [0.1, 0.15) is 16.1 Å². The molecule has 0 radical (unpaired) electrons. The summed E-state index contributed by atoms with van der Waals surface area (Å²) >= 11 is 5.57. The van der Waals surface area contributed by atoms with Crippen LogP contribution in [-0.4, -0.2) is 24.7 Å². The molecular weight excluding hydrogens is 340 g/mol. The molecule has 10 heteroatoms. The molecule has 2 aromatic rings. The van der Waals surface area contributed by atoms with E-state index in [1.54, 1.807) is 0 Å². The van der Waals surface area contributed by atoms with E-state index in [1.807, 2.05) is 4.72 Å². The van der Waals surface area contributed by atoms with Crippen LogP contribution in [0.2, 0.25) is 5.02 Å². The molecule has 0 aliphatic rings. The first-order chi connectivity index (χ1) is 10.3. The number of halogens is 3. The first kappa shape index (κ1) is 16.2. The highest BCUT2D eigenvalue weighted by molar-refractivity contribution is 7.91. The smallest absolute Gasteiger partial charge is 0.238 e. The minimum absolute atomic E-state index is 0.239. The van der Waals surface area contributed by atoms with Crippen molar-refractivity contribution in [2.24, 2.45) is 0 Å². The standard InChI is InChI=1S/C12H8ClF2N3O3S/c13-11-7(8(14)1-2-9(11)15)6-22(20,21)18-12-10(5-19)16-3-4-17-12/h1-5H,6H2,(H,17,18). The molecule has 0 atom stereocenters. The van der Waals surface area contributed by atoms with Crippen molar-refractivity contribution in [2.75, 3.05) is 4.72 Å². The minimum atomic E-state index is -4.18. The normalized spacial score (nSPS) is 11.2. The lowest BCUT2D eigenvalue weighted by Gasteiger charge is -2.10. The summed E-state index contributed by atoms with van der Waals surface area (Å²) in [6.07, 6.45) is 2.67. The van der Waals surface area contributed by atoms with Crippen molar-refractivity contribution < 1.29 is 22.0 Å². The molecule has 1 N–H and O–H groups in total. The van der Waals surface area contributed by atoms with E-state index in [0.717, 1.165) is 12.1 Å². The fraction of sp³-hybridized carbons (Fsp3) is 0.0833. The molecule has 0 bridgehead atoms. The van der Waals surface area contributed by atoms with Gasteiger partial charge in [0.15, 0.2) is 12.1 Å². The highest BCUT2D eigenvalue weighted by Crippen LogP contribution is 2.25. The highest BCUT2D eigenvalue weighted by Gasteiger charge is 2.21. The van der Waals surface area contributed by atoms with Crippen molar-refractivity contribution in [3.05, 3.63) is 52.4 Å². The summed E-state index contributed by atoms with van der Waals surface area (Å²) in [6.45, 7) is 0. The minimum Gasteiger partial charge on any atom is -0.296 e. The summed E-state index contributed by atoms with van der Waals surface area (Å²) in [4.78, 5) is 18.0. The predicted octanol–water partition coefficient (Wildman–Crippen LogP) is 2.16. The second-order valence-corrected chi connectivity index (χ2v) is 6.19. The number of aldehydes is 1. The molecule has 116 valence electrons. The van der Waals surface area contributed by atoms with Crippen molar-refractivity contribution in [3.8, 4) is 0 Å². The van der Waals surface area contributed by atoms with Crippen molar-refractivity contribution >= 4 is 33.7 Å². The van der Waals surface area contributed by atoms with Crippen molar-refractivity contribution in [1.82, 2.24) is 9.97 Å². The van der Waals surface area contributed by atoms with Crippen molar-refractivity contribution in [2.45, 2.75) is 5.75 Å². The number of nitrogens with zero attached hydrogens (tertiary/aromatic N) is 2. The van der Waals surface area contributed by atoms with Gasteiger partial charge >= 0.3 is 0 Å². The van der Waals surface area contributed by atoms with Gasteiger partial charge in [-0.25, -0.2) is 27.2 Å². The maximum absolute atomic E-state index is 13.6. The second kappa shape index (κ2) is 6.32. The summed E-state index contributed by atoms with van der Waals surface area (Å²) in [6, 6.07) is 1.56. The van der Waals surface area contributed by atoms with E-state index in [1.165, 1.54) is 12.4 Å². The van der Waals surface area contributed by atoms with E-state index in [-0.39, 0.29) is 11.5 Å². The van der Waals surface area contributed by atoms with Crippen LogP contribution in [0, 0.1) is 11.6 Å². The van der Waals surface area contributed by atoms with Crippen LogP contribution < -0.4 is 4.72 Å². The number of hydrogen-bond donors (Lipinski definition) is 1. The van der Waals surface area contributed by atoms with Gasteiger partial charge in [0.05, 0.1) is 10.8 Å². The molecule has 1 heterocycles. The zero-order chi connectivity index (χ0) is 16.3. The molecule has 0 aliphatic heterocycles. The molecule has 0 amide bonds. The van der Waals surface area contributed by atoms with Crippen molar-refractivity contribution in [3.63, 3.8) is 0 Å². The number of anilines is 1. The molecule has 0 fully saturated rings. The molecule has 0 unspecified atom stereocenters. The third kappa shape index (κ3) is 3.55. The molecule has 0 spiro atoms. The summed E-state index contributed by atoms with van der Waals surface area (Å²) < 4.78 is 52.9. The Morgan fingerprint density at radius 1 is 1.18 bits per heavy atom. The lowest BCUT2D eigenvalue weighted by molar-refractivity contribution is 0.111. The Bertz CT molecular complexity index is 830. The van der Waals surface area contributed by atoms with Gasteiger partial charge in [-0.05, 0) is 12.1 Å². The SMILES string of the molecule is O=Cc1nccnc1NS(=O)(=O)Cc1c(F)ccc(F)c1Cl. The third-order valence-electron chi connectivity index (χ3n) is 2.56. The van der Waals surface area contributed by atoms with Crippen LogP contribution in [0.5, 0.6) is 0 Å². The van der Waals surface area contributed by atoms with E-state index in [2.05, 4.69) is 9.97 Å². The Labute approximate surface area is 129 Å². The average molecular weight is 348 g/mol. The Morgan fingerprint density at radius 2 is 1.82 bits per heavy atom. The van der Waals surface area contributed by atoms with Crippen molar-refractivity contribution in [1.29, 1.82) is 0 Å². The molecule has 1 aromatic heterocycles. The van der Waals surface area contributed by atoms with Crippen LogP contribution in [0.3, 0.4) is 0 Å². The lowest BCUT2D eigenvalue weighted by Crippen LogP contribution is -2.18. The van der Waals surface area contributed by atoms with Gasteiger partial charge in [-0.1, -0.05) is 11.6 Å². The van der Waals surface area contributed by atoms with Crippen LogP contribution in [0.4, 0.5) is 14.6 Å². The zero-order valence-electron chi connectivity index (χ0n) is 10.8. The van der Waals surface area contributed by atoms with Crippen LogP contribution >= 0.6 is 11.6 Å². The van der Waals surface area contributed by atoms with E-state index in [4.69, 9.17) is 11.6 Å². The number of rotatable bonds is 5. The lowest BCUT2D eigenvalue weighted by atomic mass is 10.2. The Hall–Kier alpha value is -2.13. The summed E-state index contributed by atoms with van der Waals surface area (Å²) in [7, 11) is -4.18. The summed E-state index contributed by atoms with van der Waals surface area (Å²) in [5.41, 5.74) is -0.761. The molecule has 1 aromatic carbocycles. The molecular formula is C12H8ClF2N3O3S. The monoisotopic (exact) mass is 347 g/mol. The van der Waals surface area contributed by atoms with Gasteiger partial charge in [0, 0.05) is 18.0 Å². The Balaban J connectivity index is 2.33. The van der Waals surface area contributed by atoms with E-state index in [0.29, 0.717) is 6.29 Å². The zero-order valence-corrected chi connectivity index (χ0v) is 12.3. The summed E-state index contributed by atoms with van der Waals surface area (Å²) in [5.74, 6) is -3.15. The van der Waals surface area contributed by atoms with Gasteiger partial charge in [-0.15, -0.1) is 0 Å². The Kier molecular flexibility index (Phi) is 4.67. The number of hydrogen-bond acceptors (Lipinski definition) is 5. The number of carbonyl (C=O) groups excluding carboxylic acids is 1. The van der Waals surface area contributed by atoms with Crippen LogP contribution in [0.25, 0.3) is 0 Å². The van der Waals surface area contributed by atoms with Gasteiger partial charge in [0.1, 0.15) is 17.3 Å². The maximum Gasteiger partial charge on any atom is 0.238 e. The first-order valence-corrected chi connectivity index (χ1v) is 7.76. The highest BCUT2D eigenvalue weighted by atomic mass is 35.5. The molecule has 0 saturated heterocycles. The maximum atomic E-state index is 13.6. The Morgan fingerprint density at radius 3 is 2.50 bits per heavy atom. The number of nitrogens with one attached hydrogen (secondary N) is 1. The topological polar surface area (TPSA) is 89.0 Å². The molecule has 22 heavy (non-hydrogen) atoms. The third-order valence-corrected chi connectivity index (χ3v) is 4.15. The van der Waals surface area contributed by atoms with E-state index >= 15 is 0 Å². The fourth-order valence-electron chi connectivity index (χ4n) is 1.59. The van der Waals surface area contributed by atoms with Gasteiger partial charge < -0.3 is 0 Å². The van der Waals surface area contributed by atoms with E-state index in [9.17, 15) is 22.0 Å². The van der Waals surface area contributed by atoms with Crippen LogP contribution in [0.15, 0.2) is 24.5 Å². The molecule has 2 rings (SSSR count). The van der Waals surface area contributed by atoms with Gasteiger partial charge in [-0.3, -0.25) is 9.52 Å². The van der Waals surface area contributed by atoms with Gasteiger partial charge in [0.2, 0.25) is 10.0 Å². The predicted molar refractivity (Wildman–Crippen MR) is 75.0 cm³/mol. The first-order valence-electron chi connectivity index (χ1n) is 5.73. The second-order valence-electron chi connectivity index (χ2n) is 4.09. The quantitative estimate of drug-likeness (QED) is 0.661. The van der Waals surface area contributed by atoms with Gasteiger partial charge in [-0.2, -0.15) is 0 Å². The molecule has 0 aliphatic carbocycles. The fourth-order valence-corrected chi connectivity index (χ4v) is 3.07.